The molecule has 0 saturated carbocycles. The number of aromatic nitrogens is 1. The first kappa shape index (κ1) is 18.3. The van der Waals surface area contributed by atoms with Crippen molar-refractivity contribution < 1.29 is 14.3 Å². The lowest BCUT2D eigenvalue weighted by Crippen LogP contribution is -2.13. The van der Waals surface area contributed by atoms with Crippen molar-refractivity contribution >= 4 is 17.3 Å². The maximum absolute atomic E-state index is 12.5. The molecule has 0 unspecified atom stereocenters. The first-order chi connectivity index (χ1) is 13.2. The molecule has 0 fully saturated rings. The Kier molecular flexibility index (Phi) is 5.89. The zero-order valence-corrected chi connectivity index (χ0v) is 15.2. The lowest BCUT2D eigenvalue weighted by molar-refractivity contribution is 0.102. The van der Waals surface area contributed by atoms with Crippen LogP contribution in [0.3, 0.4) is 0 Å². The van der Waals surface area contributed by atoms with Crippen LogP contribution in [0.1, 0.15) is 15.9 Å². The van der Waals surface area contributed by atoms with Gasteiger partial charge >= 0.3 is 0 Å². The Balaban J connectivity index is 1.64. The van der Waals surface area contributed by atoms with Crippen molar-refractivity contribution in [2.45, 2.75) is 6.54 Å². The molecule has 0 aliphatic carbocycles. The molecule has 1 aromatic heterocycles. The number of nitrogens with one attached hydrogen (secondary N) is 2. The number of nitrogens with zero attached hydrogens (tertiary/aromatic N) is 1. The van der Waals surface area contributed by atoms with Gasteiger partial charge < -0.3 is 20.1 Å². The van der Waals surface area contributed by atoms with E-state index in [0.29, 0.717) is 23.5 Å². The van der Waals surface area contributed by atoms with Crippen LogP contribution in [-0.2, 0) is 6.54 Å². The quantitative estimate of drug-likeness (QED) is 0.665. The molecule has 2 aromatic carbocycles. The Morgan fingerprint density at radius 1 is 0.926 bits per heavy atom. The van der Waals surface area contributed by atoms with Crippen LogP contribution in [0.5, 0.6) is 11.5 Å². The third-order valence-electron chi connectivity index (χ3n) is 3.98. The van der Waals surface area contributed by atoms with Crippen molar-refractivity contribution in [2.24, 2.45) is 0 Å². The van der Waals surface area contributed by atoms with Crippen molar-refractivity contribution in [1.29, 1.82) is 0 Å². The van der Waals surface area contributed by atoms with E-state index in [2.05, 4.69) is 15.6 Å². The number of carbonyl (C=O) groups excluding carboxylic acids is 1. The van der Waals surface area contributed by atoms with Crippen molar-refractivity contribution in [1.82, 2.24) is 4.98 Å². The average Bonchev–Trinajstić information content (AvgIpc) is 2.73. The van der Waals surface area contributed by atoms with Crippen LogP contribution in [0.4, 0.5) is 11.4 Å². The minimum absolute atomic E-state index is 0.233. The van der Waals surface area contributed by atoms with Crippen molar-refractivity contribution in [3.05, 3.63) is 78.1 Å². The number of pyridine rings is 1. The third kappa shape index (κ3) is 4.98. The molecule has 0 aliphatic heterocycles. The highest BCUT2D eigenvalue weighted by Crippen LogP contribution is 2.18. The Morgan fingerprint density at radius 3 is 2.44 bits per heavy atom. The second-order valence-corrected chi connectivity index (χ2v) is 5.85. The van der Waals surface area contributed by atoms with Crippen LogP contribution in [-0.4, -0.2) is 25.1 Å². The highest BCUT2D eigenvalue weighted by atomic mass is 16.5. The van der Waals surface area contributed by atoms with Gasteiger partial charge in [-0.15, -0.1) is 0 Å². The SMILES string of the molecule is COc1ccc(CNc2cncc(C(=O)Nc3cccc(OC)c3)c2)cc1. The Bertz CT molecular complexity index is 911. The predicted molar refractivity (Wildman–Crippen MR) is 106 cm³/mol. The van der Waals surface area contributed by atoms with Gasteiger partial charge in [0.15, 0.2) is 0 Å². The van der Waals surface area contributed by atoms with E-state index < -0.39 is 0 Å². The fourth-order valence-corrected chi connectivity index (χ4v) is 2.51. The topological polar surface area (TPSA) is 72.5 Å². The van der Waals surface area contributed by atoms with Crippen molar-refractivity contribution in [3.63, 3.8) is 0 Å². The number of ether oxygens (including phenoxy) is 2. The molecule has 0 radical (unpaired) electrons. The summed E-state index contributed by atoms with van der Waals surface area (Å²) in [5.74, 6) is 1.27. The molecule has 0 saturated heterocycles. The number of benzene rings is 2. The van der Waals surface area contributed by atoms with Gasteiger partial charge in [0, 0.05) is 30.7 Å². The summed E-state index contributed by atoms with van der Waals surface area (Å²) in [4.78, 5) is 16.6. The molecule has 6 heteroatoms. The summed E-state index contributed by atoms with van der Waals surface area (Å²) < 4.78 is 10.3. The summed E-state index contributed by atoms with van der Waals surface area (Å²) in [5.41, 5.74) is 3.00. The number of amides is 1. The smallest absolute Gasteiger partial charge is 0.257 e. The Morgan fingerprint density at radius 2 is 1.70 bits per heavy atom. The summed E-state index contributed by atoms with van der Waals surface area (Å²) in [6.07, 6.45) is 3.22. The lowest BCUT2D eigenvalue weighted by Gasteiger charge is -2.10. The molecular formula is C21H21N3O3. The van der Waals surface area contributed by atoms with Crippen LogP contribution in [0.15, 0.2) is 67.0 Å². The first-order valence-corrected chi connectivity index (χ1v) is 8.45. The van der Waals surface area contributed by atoms with Crippen LogP contribution < -0.4 is 20.1 Å². The van der Waals surface area contributed by atoms with Crippen LogP contribution in [0, 0.1) is 0 Å². The molecule has 6 nitrogen and oxygen atoms in total. The van der Waals surface area contributed by atoms with Gasteiger partial charge in [-0.1, -0.05) is 18.2 Å². The average molecular weight is 363 g/mol. The van der Waals surface area contributed by atoms with Gasteiger partial charge in [0.2, 0.25) is 0 Å². The fourth-order valence-electron chi connectivity index (χ4n) is 2.51. The summed E-state index contributed by atoms with van der Waals surface area (Å²) in [6, 6.07) is 16.8. The van der Waals surface area contributed by atoms with E-state index in [1.165, 1.54) is 6.20 Å². The molecule has 3 aromatic rings. The van der Waals surface area contributed by atoms with E-state index in [0.717, 1.165) is 17.0 Å². The van der Waals surface area contributed by atoms with Gasteiger partial charge in [0.25, 0.3) is 5.91 Å². The normalized spacial score (nSPS) is 10.1. The second-order valence-electron chi connectivity index (χ2n) is 5.85. The monoisotopic (exact) mass is 363 g/mol. The van der Waals surface area contributed by atoms with E-state index in [9.17, 15) is 4.79 Å². The maximum Gasteiger partial charge on any atom is 0.257 e. The standard InChI is InChI=1S/C21H21N3O3/c1-26-19-8-6-15(7-9-19)12-23-18-10-16(13-22-14-18)21(25)24-17-4-3-5-20(11-17)27-2/h3-11,13-14,23H,12H2,1-2H3,(H,24,25). The van der Waals surface area contributed by atoms with Gasteiger partial charge in [-0.05, 0) is 35.9 Å². The highest BCUT2D eigenvalue weighted by molar-refractivity contribution is 6.04. The van der Waals surface area contributed by atoms with Gasteiger partial charge in [-0.2, -0.15) is 0 Å². The minimum Gasteiger partial charge on any atom is -0.497 e. The minimum atomic E-state index is -0.233. The molecule has 138 valence electrons. The zero-order valence-electron chi connectivity index (χ0n) is 15.2. The summed E-state index contributed by atoms with van der Waals surface area (Å²) in [5, 5.41) is 6.12. The van der Waals surface area contributed by atoms with Gasteiger partial charge in [0.05, 0.1) is 25.5 Å². The number of anilines is 2. The molecule has 0 atom stereocenters. The van der Waals surface area contributed by atoms with Gasteiger partial charge in [-0.25, -0.2) is 0 Å². The number of hydrogen-bond acceptors (Lipinski definition) is 5. The lowest BCUT2D eigenvalue weighted by atomic mass is 10.2. The van der Waals surface area contributed by atoms with Crippen LogP contribution in [0.25, 0.3) is 0 Å². The fraction of sp³-hybridized carbons (Fsp3) is 0.143. The summed E-state index contributed by atoms with van der Waals surface area (Å²) in [6.45, 7) is 0.618. The number of carbonyl (C=O) groups is 1. The first-order valence-electron chi connectivity index (χ1n) is 8.45. The molecule has 27 heavy (non-hydrogen) atoms. The van der Waals surface area contributed by atoms with Crippen LogP contribution in [0.2, 0.25) is 0 Å². The molecular weight excluding hydrogens is 342 g/mol. The molecule has 1 heterocycles. The van der Waals surface area contributed by atoms with E-state index in [1.807, 2.05) is 36.4 Å². The number of rotatable bonds is 7. The van der Waals surface area contributed by atoms with Gasteiger partial charge in [-0.3, -0.25) is 9.78 Å². The van der Waals surface area contributed by atoms with E-state index in [1.54, 1.807) is 38.6 Å². The predicted octanol–water partition coefficient (Wildman–Crippen LogP) is 3.96. The Hall–Kier alpha value is -3.54. The molecule has 3 rings (SSSR count). The highest BCUT2D eigenvalue weighted by Gasteiger charge is 2.08. The molecule has 1 amide bonds. The largest absolute Gasteiger partial charge is 0.497 e. The number of hydrogen-bond donors (Lipinski definition) is 2. The number of methoxy groups -OCH3 is 2. The van der Waals surface area contributed by atoms with Gasteiger partial charge in [0.1, 0.15) is 11.5 Å². The molecule has 0 bridgehead atoms. The molecule has 0 spiro atoms. The maximum atomic E-state index is 12.5. The zero-order chi connectivity index (χ0) is 19.1. The summed E-state index contributed by atoms with van der Waals surface area (Å²) in [7, 11) is 3.23. The Labute approximate surface area is 158 Å². The molecule has 0 aliphatic rings. The van der Waals surface area contributed by atoms with E-state index >= 15 is 0 Å². The van der Waals surface area contributed by atoms with Crippen molar-refractivity contribution in [3.8, 4) is 11.5 Å². The second kappa shape index (κ2) is 8.71. The van der Waals surface area contributed by atoms with Crippen LogP contribution >= 0.6 is 0 Å². The van der Waals surface area contributed by atoms with Crippen molar-refractivity contribution in [2.75, 3.05) is 24.9 Å². The third-order valence-corrected chi connectivity index (χ3v) is 3.98. The summed E-state index contributed by atoms with van der Waals surface area (Å²) >= 11 is 0. The molecule has 2 N–H and O–H groups in total. The van der Waals surface area contributed by atoms with E-state index in [4.69, 9.17) is 9.47 Å². The van der Waals surface area contributed by atoms with E-state index in [-0.39, 0.29) is 5.91 Å².